The van der Waals surface area contributed by atoms with E-state index in [2.05, 4.69) is 10.6 Å². The minimum Gasteiger partial charge on any atom is -0.508 e. The molecule has 0 aromatic heterocycles. The molecule has 0 fully saturated rings. The molecule has 42 heavy (non-hydrogen) atoms. The van der Waals surface area contributed by atoms with Gasteiger partial charge >= 0.3 is 12.1 Å². The zero-order valence-electron chi connectivity index (χ0n) is 26.2. The van der Waals surface area contributed by atoms with Crippen molar-refractivity contribution in [2.24, 2.45) is 0 Å². The molecule has 0 spiro atoms. The van der Waals surface area contributed by atoms with Crippen molar-refractivity contribution in [2.75, 3.05) is 13.7 Å². The van der Waals surface area contributed by atoms with E-state index in [1.54, 1.807) is 39.0 Å². The summed E-state index contributed by atoms with van der Waals surface area (Å²) in [6.07, 6.45) is -0.243. The smallest absolute Gasteiger partial charge is 0.408 e. The largest absolute Gasteiger partial charge is 0.508 e. The average Bonchev–Trinajstić information content (AvgIpc) is 2.91. The van der Waals surface area contributed by atoms with Crippen LogP contribution in [0.2, 0.25) is 0 Å². The van der Waals surface area contributed by atoms with E-state index >= 15 is 0 Å². The number of phenols is 1. The molecule has 3 N–H and O–H groups in total. The van der Waals surface area contributed by atoms with Crippen molar-refractivity contribution >= 4 is 23.9 Å². The predicted molar refractivity (Wildman–Crippen MR) is 160 cm³/mol. The Morgan fingerprint density at radius 3 is 2.10 bits per heavy atom. The molecule has 3 amide bonds. The molecule has 2 atom stereocenters. The molecular weight excluding hydrogens is 538 g/mol. The molecule has 10 heteroatoms. The second-order valence-corrected chi connectivity index (χ2v) is 12.0. The maximum Gasteiger partial charge on any atom is 0.408 e. The summed E-state index contributed by atoms with van der Waals surface area (Å²) in [5.74, 6) is -1.66. The molecule has 0 aliphatic carbocycles. The van der Waals surface area contributed by atoms with Crippen LogP contribution in [0, 0.1) is 13.8 Å². The van der Waals surface area contributed by atoms with Crippen molar-refractivity contribution in [2.45, 2.75) is 91.5 Å². The monoisotopic (exact) mass is 583 g/mol. The first kappa shape index (κ1) is 34.1. The number of phenolic OH excluding ortho intramolecular Hbond substituents is 1. The van der Waals surface area contributed by atoms with Gasteiger partial charge in [0.25, 0.3) is 0 Å². The van der Waals surface area contributed by atoms with Gasteiger partial charge in [0.2, 0.25) is 11.8 Å². The standard InChI is InChI=1S/C32H45N3O7/c1-10-32(7,8)35(27(28(38)33-19-26(37)41-9)23-14-11-20(2)21(3)17-23)29(39)25(34-30(40)42-31(4,5)6)18-22-12-15-24(36)16-13-22/h11-17,25,27,36H,10,18-19H2,1-9H3,(H,33,38)(H,34,40). The molecule has 0 saturated carbocycles. The van der Waals surface area contributed by atoms with Crippen LogP contribution < -0.4 is 10.6 Å². The normalized spacial score (nSPS) is 13.0. The molecule has 0 heterocycles. The number of rotatable bonds is 11. The Hall–Kier alpha value is -4.08. The molecule has 0 radical (unpaired) electrons. The molecule has 0 saturated heterocycles. The summed E-state index contributed by atoms with van der Waals surface area (Å²) in [7, 11) is 1.22. The molecule has 2 unspecified atom stereocenters. The van der Waals surface area contributed by atoms with Gasteiger partial charge in [-0.2, -0.15) is 0 Å². The van der Waals surface area contributed by atoms with Gasteiger partial charge in [-0.1, -0.05) is 37.3 Å². The van der Waals surface area contributed by atoms with E-state index in [4.69, 9.17) is 9.47 Å². The quantitative estimate of drug-likeness (QED) is 0.332. The Kier molecular flexibility index (Phi) is 11.5. The summed E-state index contributed by atoms with van der Waals surface area (Å²) in [5.41, 5.74) is 1.48. The summed E-state index contributed by atoms with van der Waals surface area (Å²) in [5, 5.41) is 15.1. The van der Waals surface area contributed by atoms with Crippen LogP contribution in [0.1, 0.15) is 76.3 Å². The van der Waals surface area contributed by atoms with E-state index in [0.717, 1.165) is 11.1 Å². The number of hydrogen-bond donors (Lipinski definition) is 3. The van der Waals surface area contributed by atoms with Crippen LogP contribution in [-0.4, -0.2) is 64.7 Å². The fourth-order valence-corrected chi connectivity index (χ4v) is 4.31. The van der Waals surface area contributed by atoms with Gasteiger partial charge < -0.3 is 30.1 Å². The Balaban J connectivity index is 2.69. The van der Waals surface area contributed by atoms with Gasteiger partial charge in [0, 0.05) is 12.0 Å². The Bertz CT molecular complexity index is 1270. The summed E-state index contributed by atoms with van der Waals surface area (Å²) >= 11 is 0. The van der Waals surface area contributed by atoms with E-state index in [-0.39, 0.29) is 18.7 Å². The van der Waals surface area contributed by atoms with E-state index in [1.165, 1.54) is 24.1 Å². The van der Waals surface area contributed by atoms with Crippen LogP contribution in [0.5, 0.6) is 5.75 Å². The lowest BCUT2D eigenvalue weighted by atomic mass is 9.90. The number of nitrogens with zero attached hydrogens (tertiary/aromatic N) is 1. The number of esters is 1. The first-order chi connectivity index (χ1) is 19.5. The molecule has 2 rings (SSSR count). The fraction of sp³-hybridized carbons (Fsp3) is 0.500. The third-order valence-corrected chi connectivity index (χ3v) is 7.11. The van der Waals surface area contributed by atoms with Crippen LogP contribution in [0.25, 0.3) is 0 Å². The van der Waals surface area contributed by atoms with E-state index in [1.807, 2.05) is 46.8 Å². The number of carbonyl (C=O) groups excluding carboxylic acids is 4. The lowest BCUT2D eigenvalue weighted by Crippen LogP contribution is -2.60. The number of alkyl carbamates (subject to hydrolysis) is 1. The van der Waals surface area contributed by atoms with E-state index < -0.39 is 47.1 Å². The van der Waals surface area contributed by atoms with Gasteiger partial charge in [-0.25, -0.2) is 4.79 Å². The van der Waals surface area contributed by atoms with Gasteiger partial charge in [-0.3, -0.25) is 14.4 Å². The molecule has 230 valence electrons. The molecule has 0 aliphatic rings. The lowest BCUT2D eigenvalue weighted by Gasteiger charge is -2.44. The Morgan fingerprint density at radius 2 is 1.57 bits per heavy atom. The highest BCUT2D eigenvalue weighted by Gasteiger charge is 2.43. The molecular formula is C32H45N3O7. The van der Waals surface area contributed by atoms with Crippen LogP contribution in [0.15, 0.2) is 42.5 Å². The number of benzene rings is 2. The van der Waals surface area contributed by atoms with Crippen molar-refractivity contribution in [1.82, 2.24) is 15.5 Å². The summed E-state index contributed by atoms with van der Waals surface area (Å²) in [6.45, 7) is 14.2. The maximum absolute atomic E-state index is 14.6. The Morgan fingerprint density at radius 1 is 0.952 bits per heavy atom. The number of aryl methyl sites for hydroxylation is 2. The highest BCUT2D eigenvalue weighted by molar-refractivity contribution is 5.94. The average molecular weight is 584 g/mol. The topological polar surface area (TPSA) is 134 Å². The Labute approximate surface area is 248 Å². The van der Waals surface area contributed by atoms with Crippen molar-refractivity contribution in [1.29, 1.82) is 0 Å². The highest BCUT2D eigenvalue weighted by Crippen LogP contribution is 2.33. The summed E-state index contributed by atoms with van der Waals surface area (Å²) in [4.78, 5) is 54.8. The van der Waals surface area contributed by atoms with Crippen molar-refractivity contribution in [3.05, 3.63) is 64.7 Å². The third kappa shape index (κ3) is 9.49. The van der Waals surface area contributed by atoms with Gasteiger partial charge in [-0.05, 0) is 89.3 Å². The fourth-order valence-electron chi connectivity index (χ4n) is 4.31. The molecule has 0 bridgehead atoms. The summed E-state index contributed by atoms with van der Waals surface area (Å²) < 4.78 is 10.2. The van der Waals surface area contributed by atoms with Gasteiger partial charge in [-0.15, -0.1) is 0 Å². The maximum atomic E-state index is 14.6. The highest BCUT2D eigenvalue weighted by atomic mass is 16.6. The van der Waals surface area contributed by atoms with Crippen molar-refractivity contribution in [3.8, 4) is 5.75 Å². The molecule has 0 aliphatic heterocycles. The predicted octanol–water partition coefficient (Wildman–Crippen LogP) is 4.49. The number of hydrogen-bond acceptors (Lipinski definition) is 7. The second kappa shape index (κ2) is 14.2. The van der Waals surface area contributed by atoms with E-state index in [9.17, 15) is 24.3 Å². The van der Waals surface area contributed by atoms with Crippen LogP contribution >= 0.6 is 0 Å². The number of methoxy groups -OCH3 is 1. The molecule has 2 aromatic carbocycles. The van der Waals surface area contributed by atoms with Crippen molar-refractivity contribution in [3.63, 3.8) is 0 Å². The number of aromatic hydroxyl groups is 1. The first-order valence-electron chi connectivity index (χ1n) is 14.0. The SMILES string of the molecule is CCC(C)(C)N(C(=O)C(Cc1ccc(O)cc1)NC(=O)OC(C)(C)C)C(C(=O)NCC(=O)OC)c1ccc(C)c(C)c1. The van der Waals surface area contributed by atoms with Gasteiger partial charge in [0.1, 0.15) is 30.0 Å². The number of carbonyl (C=O) groups is 4. The minimum absolute atomic E-state index is 0.0625. The number of nitrogens with one attached hydrogen (secondary N) is 2. The zero-order valence-corrected chi connectivity index (χ0v) is 26.2. The zero-order chi connectivity index (χ0) is 31.8. The van der Waals surface area contributed by atoms with Crippen LogP contribution in [0.3, 0.4) is 0 Å². The summed E-state index contributed by atoms with van der Waals surface area (Å²) in [6, 6.07) is 9.55. The molecule has 2 aromatic rings. The minimum atomic E-state index is -1.14. The lowest BCUT2D eigenvalue weighted by molar-refractivity contribution is -0.150. The van der Waals surface area contributed by atoms with Gasteiger partial charge in [0.05, 0.1) is 7.11 Å². The first-order valence-corrected chi connectivity index (χ1v) is 14.0. The molecule has 10 nitrogen and oxygen atoms in total. The second-order valence-electron chi connectivity index (χ2n) is 12.0. The number of ether oxygens (including phenoxy) is 2. The number of amides is 3. The third-order valence-electron chi connectivity index (χ3n) is 7.11. The van der Waals surface area contributed by atoms with Crippen LogP contribution in [-0.2, 0) is 30.3 Å². The van der Waals surface area contributed by atoms with Gasteiger partial charge in [0.15, 0.2) is 0 Å². The van der Waals surface area contributed by atoms with E-state index in [0.29, 0.717) is 17.5 Å². The van der Waals surface area contributed by atoms with Crippen molar-refractivity contribution < 1.29 is 33.8 Å². The van der Waals surface area contributed by atoms with Crippen LogP contribution in [0.4, 0.5) is 4.79 Å².